The molecule has 1 aromatic heterocycles. The first-order valence-corrected chi connectivity index (χ1v) is 9.92. The molecule has 1 atom stereocenters. The van der Waals surface area contributed by atoms with Crippen molar-refractivity contribution in [1.29, 1.82) is 0 Å². The number of hydrogen-bond donors (Lipinski definition) is 3. The lowest BCUT2D eigenvalue weighted by atomic mass is 9.84. The van der Waals surface area contributed by atoms with E-state index >= 15 is 8.78 Å². The molecule has 2 aromatic carbocycles. The number of nitrogens with two attached hydrogens (primary N) is 2. The molecule has 3 rings (SSSR count). The molecule has 34 heavy (non-hydrogen) atoms. The minimum absolute atomic E-state index is 0.340. The number of hydrogen-bond acceptors (Lipinski definition) is 5. The van der Waals surface area contributed by atoms with Crippen molar-refractivity contribution < 1.29 is 22.7 Å². The molecule has 0 amide bonds. The number of halogens is 4. The van der Waals surface area contributed by atoms with Crippen LogP contribution in [0.5, 0.6) is 0 Å². The molecule has 0 bridgehead atoms. The maximum Gasteiger partial charge on any atom is 0.323 e. The van der Waals surface area contributed by atoms with Gasteiger partial charge in [0.2, 0.25) is 0 Å². The summed E-state index contributed by atoms with van der Waals surface area (Å²) >= 11 is 0. The molecule has 0 saturated heterocycles. The maximum atomic E-state index is 15.6. The monoisotopic (exact) mass is 471 g/mol. The van der Waals surface area contributed by atoms with Gasteiger partial charge >= 0.3 is 5.92 Å². The van der Waals surface area contributed by atoms with Crippen molar-refractivity contribution in [3.05, 3.63) is 100 Å². The summed E-state index contributed by atoms with van der Waals surface area (Å²) < 4.78 is 59.1. The Balaban J connectivity index is 1.99. The number of aryl methyl sites for hydroxylation is 1. The van der Waals surface area contributed by atoms with Gasteiger partial charge in [0.15, 0.2) is 5.60 Å². The molecule has 3 aromatic rings. The second kappa shape index (κ2) is 9.91. The van der Waals surface area contributed by atoms with Gasteiger partial charge in [-0.05, 0) is 43.3 Å². The van der Waals surface area contributed by atoms with E-state index in [0.717, 1.165) is 35.8 Å². The summed E-state index contributed by atoms with van der Waals surface area (Å²) in [5.74, 6) is 9.69. The van der Waals surface area contributed by atoms with Gasteiger partial charge < -0.3 is 10.9 Å². The van der Waals surface area contributed by atoms with Gasteiger partial charge in [0.05, 0.1) is 6.54 Å². The van der Waals surface area contributed by atoms with Crippen LogP contribution in [0.2, 0.25) is 0 Å². The normalized spacial score (nSPS) is 13.3. The minimum Gasteiger partial charge on any atom is -0.377 e. The Morgan fingerprint density at radius 3 is 2.29 bits per heavy atom. The highest BCUT2D eigenvalue weighted by molar-refractivity contribution is 5.54. The van der Waals surface area contributed by atoms with Gasteiger partial charge in [0.1, 0.15) is 23.7 Å². The molecule has 1 heterocycles. The summed E-state index contributed by atoms with van der Waals surface area (Å²) in [7, 11) is 0. The van der Waals surface area contributed by atoms with Crippen LogP contribution in [0.3, 0.4) is 0 Å². The molecule has 0 aliphatic carbocycles. The molecule has 0 aliphatic heterocycles. The van der Waals surface area contributed by atoms with Crippen LogP contribution in [0.4, 0.5) is 17.6 Å². The Morgan fingerprint density at radius 2 is 1.71 bits per heavy atom. The Hall–Kier alpha value is -3.94. The van der Waals surface area contributed by atoms with Crippen LogP contribution in [-0.4, -0.2) is 28.0 Å². The molecule has 0 fully saturated rings. The van der Waals surface area contributed by atoms with E-state index in [1.165, 1.54) is 6.07 Å². The van der Waals surface area contributed by atoms with Gasteiger partial charge in [-0.1, -0.05) is 29.5 Å². The first-order chi connectivity index (χ1) is 16.1. The highest BCUT2D eigenvalue weighted by atomic mass is 19.3. The van der Waals surface area contributed by atoms with E-state index < -0.39 is 41.0 Å². The predicted octanol–water partition coefficient (Wildman–Crippen LogP) is 3.13. The number of hydrazone groups is 1. The molecule has 0 spiro atoms. The van der Waals surface area contributed by atoms with Crippen LogP contribution in [-0.2, 0) is 11.5 Å². The fourth-order valence-electron chi connectivity index (χ4n) is 3.22. The van der Waals surface area contributed by atoms with E-state index in [2.05, 4.69) is 21.9 Å². The van der Waals surface area contributed by atoms with Gasteiger partial charge in [0, 0.05) is 29.0 Å². The van der Waals surface area contributed by atoms with E-state index in [-0.39, 0.29) is 0 Å². The molecule has 5 N–H and O–H groups in total. The van der Waals surface area contributed by atoms with Crippen molar-refractivity contribution in [1.82, 2.24) is 9.99 Å². The van der Waals surface area contributed by atoms with Crippen molar-refractivity contribution in [2.24, 2.45) is 16.8 Å². The number of benzene rings is 2. The number of pyridine rings is 1. The molecule has 0 aliphatic rings. The summed E-state index contributed by atoms with van der Waals surface area (Å²) in [6, 6.07) is 11.5. The number of rotatable bonds is 6. The topological polar surface area (TPSA) is 101 Å². The lowest BCUT2D eigenvalue weighted by Crippen LogP contribution is -2.53. The second-order valence-electron chi connectivity index (χ2n) is 7.54. The van der Waals surface area contributed by atoms with E-state index in [1.807, 2.05) is 31.2 Å². The Kier molecular flexibility index (Phi) is 7.20. The highest BCUT2D eigenvalue weighted by Crippen LogP contribution is 2.45. The van der Waals surface area contributed by atoms with E-state index in [0.29, 0.717) is 22.7 Å². The maximum absolute atomic E-state index is 15.6. The van der Waals surface area contributed by atoms with Crippen LogP contribution >= 0.6 is 0 Å². The number of aliphatic hydroxyl groups is 1. The average Bonchev–Trinajstić information content (AvgIpc) is 2.79. The van der Waals surface area contributed by atoms with Crippen LogP contribution in [0.25, 0.3) is 0 Å². The SMILES string of the molecule is Cc1ccc(C#Cc2ccc(C(F)(F)C(O)(CN(N)/C=N\N)c3ccc(F)cc3F)nc2)cc1. The molecule has 0 saturated carbocycles. The lowest BCUT2D eigenvalue weighted by Gasteiger charge is -2.37. The van der Waals surface area contributed by atoms with Crippen LogP contribution in [0.15, 0.2) is 65.9 Å². The number of nitrogens with zero attached hydrogens (tertiary/aromatic N) is 3. The molecule has 10 heteroatoms. The van der Waals surface area contributed by atoms with Crippen LogP contribution in [0, 0.1) is 30.4 Å². The van der Waals surface area contributed by atoms with E-state index in [1.54, 1.807) is 0 Å². The van der Waals surface area contributed by atoms with Gasteiger partial charge in [0.25, 0.3) is 0 Å². The van der Waals surface area contributed by atoms with Gasteiger partial charge in [-0.25, -0.2) is 14.6 Å². The summed E-state index contributed by atoms with van der Waals surface area (Å²) in [6.45, 7) is 0.895. The molecular weight excluding hydrogens is 450 g/mol. The molecule has 1 unspecified atom stereocenters. The largest absolute Gasteiger partial charge is 0.377 e. The fourth-order valence-corrected chi connectivity index (χ4v) is 3.22. The Labute approximate surface area is 193 Å². The standard InChI is InChI=1S/C24H21F4N5O/c1-16-2-4-17(5-3-16)6-7-18-8-11-22(31-13-18)24(27,28)23(34,14-33(30)15-32-29)20-10-9-19(25)12-21(20)26/h2-5,8-13,15,34H,14,29-30H2,1H3/b32-15-. The number of hydrazine groups is 1. The van der Waals surface area contributed by atoms with Crippen LogP contribution in [0.1, 0.15) is 27.9 Å². The molecule has 176 valence electrons. The van der Waals surface area contributed by atoms with Crippen molar-refractivity contribution in [3.63, 3.8) is 0 Å². The van der Waals surface area contributed by atoms with Crippen LogP contribution < -0.4 is 11.7 Å². The third-order valence-electron chi connectivity index (χ3n) is 5.01. The average molecular weight is 471 g/mol. The van der Waals surface area contributed by atoms with E-state index in [9.17, 15) is 13.9 Å². The van der Waals surface area contributed by atoms with Crippen molar-refractivity contribution in [2.45, 2.75) is 18.4 Å². The predicted molar refractivity (Wildman–Crippen MR) is 119 cm³/mol. The van der Waals surface area contributed by atoms with Gasteiger partial charge in [-0.2, -0.15) is 13.9 Å². The van der Waals surface area contributed by atoms with Crippen molar-refractivity contribution >= 4 is 6.34 Å². The summed E-state index contributed by atoms with van der Waals surface area (Å²) in [5.41, 5.74) is -2.89. The Morgan fingerprint density at radius 1 is 1.06 bits per heavy atom. The van der Waals surface area contributed by atoms with Gasteiger partial charge in [-0.3, -0.25) is 9.99 Å². The zero-order chi connectivity index (χ0) is 24.9. The smallest absolute Gasteiger partial charge is 0.323 e. The molecular formula is C24H21F4N5O. The second-order valence-corrected chi connectivity index (χ2v) is 7.54. The first-order valence-electron chi connectivity index (χ1n) is 9.92. The summed E-state index contributed by atoms with van der Waals surface area (Å²) in [5, 5.41) is 14.7. The highest BCUT2D eigenvalue weighted by Gasteiger charge is 2.58. The van der Waals surface area contributed by atoms with E-state index in [4.69, 9.17) is 11.7 Å². The fraction of sp³-hybridized carbons (Fsp3) is 0.167. The third-order valence-corrected chi connectivity index (χ3v) is 5.01. The zero-order valence-corrected chi connectivity index (χ0v) is 18.0. The first kappa shape index (κ1) is 24.7. The number of aromatic nitrogens is 1. The van der Waals surface area contributed by atoms with Gasteiger partial charge in [-0.15, -0.1) is 0 Å². The summed E-state index contributed by atoms with van der Waals surface area (Å²) in [4.78, 5) is 3.74. The van der Waals surface area contributed by atoms with Crippen molar-refractivity contribution in [3.8, 4) is 11.8 Å². The van der Waals surface area contributed by atoms with Crippen molar-refractivity contribution in [2.75, 3.05) is 6.54 Å². The quantitative estimate of drug-likeness (QED) is 0.128. The Bertz CT molecular complexity index is 1240. The molecule has 6 nitrogen and oxygen atoms in total. The summed E-state index contributed by atoms with van der Waals surface area (Å²) in [6.07, 6.45) is 1.87. The lowest BCUT2D eigenvalue weighted by molar-refractivity contribution is -0.203. The minimum atomic E-state index is -4.17. The zero-order valence-electron chi connectivity index (χ0n) is 18.0. The molecule has 0 radical (unpaired) electrons. The third kappa shape index (κ3) is 5.17. The number of alkyl halides is 2.